The number of guanidine groups is 1. The Hall–Kier alpha value is 0.700. The molecule has 1 saturated heterocycles. The van der Waals surface area contributed by atoms with Crippen LogP contribution in [0.25, 0.3) is 0 Å². The molecule has 1 rings (SSSR count). The molecule has 0 amide bonds. The van der Waals surface area contributed by atoms with E-state index >= 15 is 0 Å². The van der Waals surface area contributed by atoms with Crippen molar-refractivity contribution in [3.8, 4) is 0 Å². The summed E-state index contributed by atoms with van der Waals surface area (Å²) < 4.78 is 0. The van der Waals surface area contributed by atoms with E-state index in [9.17, 15) is 0 Å². The lowest BCUT2D eigenvalue weighted by atomic mass is 10.2. The summed E-state index contributed by atoms with van der Waals surface area (Å²) in [7, 11) is 1.85. The first-order valence-electron chi connectivity index (χ1n) is 5.90. The number of nitrogens with one attached hydrogen (secondary N) is 2. The minimum Gasteiger partial charge on any atom is -0.356 e. The van der Waals surface area contributed by atoms with Crippen LogP contribution in [0.1, 0.15) is 19.3 Å². The van der Waals surface area contributed by atoms with Crippen LogP contribution in [0.5, 0.6) is 0 Å². The van der Waals surface area contributed by atoms with E-state index in [2.05, 4.69) is 21.9 Å². The van der Waals surface area contributed by atoms with Crippen molar-refractivity contribution in [2.24, 2.45) is 4.99 Å². The molecule has 17 heavy (non-hydrogen) atoms. The molecule has 0 aliphatic carbocycles. The number of aliphatic imine (C=N–C) groups is 1. The van der Waals surface area contributed by atoms with Gasteiger partial charge < -0.3 is 10.6 Å². The SMILES string of the molecule is CN=C(NCCCSC)NC1CCCSC1.I. The Morgan fingerprint density at radius 2 is 2.35 bits per heavy atom. The Balaban J connectivity index is 0.00000256. The normalized spacial score (nSPS) is 20.6. The highest BCUT2D eigenvalue weighted by atomic mass is 127. The first kappa shape index (κ1) is 17.7. The molecule has 0 aromatic rings. The fourth-order valence-electron chi connectivity index (χ4n) is 1.67. The molecule has 1 aliphatic rings. The Kier molecular flexibility index (Phi) is 12.3. The predicted octanol–water partition coefficient (Wildman–Crippen LogP) is 2.42. The minimum absolute atomic E-state index is 0. The van der Waals surface area contributed by atoms with Gasteiger partial charge in [-0.2, -0.15) is 23.5 Å². The molecule has 1 aliphatic heterocycles. The molecule has 0 aromatic carbocycles. The Morgan fingerprint density at radius 1 is 1.53 bits per heavy atom. The van der Waals surface area contributed by atoms with Gasteiger partial charge in [0.2, 0.25) is 0 Å². The Bertz CT molecular complexity index is 209. The molecule has 6 heteroatoms. The second kappa shape index (κ2) is 11.8. The van der Waals surface area contributed by atoms with Crippen molar-refractivity contribution in [3.05, 3.63) is 0 Å². The molecule has 0 radical (unpaired) electrons. The van der Waals surface area contributed by atoms with Gasteiger partial charge in [0.05, 0.1) is 0 Å². The van der Waals surface area contributed by atoms with Gasteiger partial charge in [-0.25, -0.2) is 0 Å². The number of rotatable bonds is 5. The third kappa shape index (κ3) is 8.42. The Morgan fingerprint density at radius 3 is 2.94 bits per heavy atom. The highest BCUT2D eigenvalue weighted by molar-refractivity contribution is 14.0. The van der Waals surface area contributed by atoms with Crippen LogP contribution in [0, 0.1) is 0 Å². The highest BCUT2D eigenvalue weighted by Crippen LogP contribution is 2.16. The summed E-state index contributed by atoms with van der Waals surface area (Å²) in [6.07, 6.45) is 5.94. The second-order valence-electron chi connectivity index (χ2n) is 3.90. The molecule has 1 fully saturated rings. The van der Waals surface area contributed by atoms with Gasteiger partial charge in [-0.05, 0) is 37.0 Å². The number of hydrogen-bond donors (Lipinski definition) is 2. The summed E-state index contributed by atoms with van der Waals surface area (Å²) >= 11 is 3.93. The summed E-state index contributed by atoms with van der Waals surface area (Å²) in [6, 6.07) is 0.602. The molecular weight excluding hydrogens is 365 g/mol. The summed E-state index contributed by atoms with van der Waals surface area (Å²) in [5.41, 5.74) is 0. The second-order valence-corrected chi connectivity index (χ2v) is 6.04. The lowest BCUT2D eigenvalue weighted by Crippen LogP contribution is -2.45. The quantitative estimate of drug-likeness (QED) is 0.328. The topological polar surface area (TPSA) is 36.4 Å². The molecule has 2 N–H and O–H groups in total. The van der Waals surface area contributed by atoms with Crippen LogP contribution >= 0.6 is 47.5 Å². The first-order chi connectivity index (χ1) is 7.86. The van der Waals surface area contributed by atoms with Crippen LogP contribution in [0.2, 0.25) is 0 Å². The van der Waals surface area contributed by atoms with E-state index in [-0.39, 0.29) is 24.0 Å². The molecule has 1 unspecified atom stereocenters. The summed E-state index contributed by atoms with van der Waals surface area (Å²) in [5.74, 6) is 4.71. The van der Waals surface area contributed by atoms with Crippen molar-refractivity contribution in [2.45, 2.75) is 25.3 Å². The standard InChI is InChI=1S/C11H23N3S2.HI/c1-12-11(13-6-4-7-15-2)14-10-5-3-8-16-9-10;/h10H,3-9H2,1-2H3,(H2,12,13,14);1H. The monoisotopic (exact) mass is 389 g/mol. The van der Waals surface area contributed by atoms with Crippen LogP contribution < -0.4 is 10.6 Å². The fourth-order valence-corrected chi connectivity index (χ4v) is 3.17. The van der Waals surface area contributed by atoms with Gasteiger partial charge in [0, 0.05) is 25.4 Å². The van der Waals surface area contributed by atoms with Crippen molar-refractivity contribution >= 4 is 53.5 Å². The average molecular weight is 389 g/mol. The van der Waals surface area contributed by atoms with Crippen molar-refractivity contribution in [2.75, 3.05) is 37.1 Å². The van der Waals surface area contributed by atoms with Gasteiger partial charge in [0.15, 0.2) is 5.96 Å². The van der Waals surface area contributed by atoms with Crippen molar-refractivity contribution in [1.29, 1.82) is 0 Å². The van der Waals surface area contributed by atoms with Crippen molar-refractivity contribution in [1.82, 2.24) is 10.6 Å². The van der Waals surface area contributed by atoms with Gasteiger partial charge in [0.1, 0.15) is 0 Å². The van der Waals surface area contributed by atoms with Gasteiger partial charge in [0.25, 0.3) is 0 Å². The predicted molar refractivity (Wildman–Crippen MR) is 93.3 cm³/mol. The zero-order valence-corrected chi connectivity index (χ0v) is 14.7. The van der Waals surface area contributed by atoms with E-state index in [1.54, 1.807) is 0 Å². The third-order valence-corrected chi connectivity index (χ3v) is 4.45. The fraction of sp³-hybridized carbons (Fsp3) is 0.909. The van der Waals surface area contributed by atoms with Crippen LogP contribution in [-0.4, -0.2) is 49.1 Å². The van der Waals surface area contributed by atoms with E-state index in [0.29, 0.717) is 6.04 Å². The van der Waals surface area contributed by atoms with Crippen LogP contribution in [0.4, 0.5) is 0 Å². The number of halogens is 1. The summed E-state index contributed by atoms with van der Waals surface area (Å²) in [5, 5.41) is 6.86. The van der Waals surface area contributed by atoms with Gasteiger partial charge in [-0.15, -0.1) is 24.0 Å². The molecular formula is C11H24IN3S2. The minimum atomic E-state index is 0. The zero-order chi connectivity index (χ0) is 11.6. The maximum absolute atomic E-state index is 4.26. The van der Waals surface area contributed by atoms with Gasteiger partial charge in [-0.3, -0.25) is 4.99 Å². The van der Waals surface area contributed by atoms with E-state index in [0.717, 1.165) is 12.5 Å². The van der Waals surface area contributed by atoms with Crippen LogP contribution in [-0.2, 0) is 0 Å². The molecule has 0 aromatic heterocycles. The van der Waals surface area contributed by atoms with E-state index < -0.39 is 0 Å². The van der Waals surface area contributed by atoms with E-state index in [1.807, 2.05) is 30.6 Å². The average Bonchev–Trinajstić information content (AvgIpc) is 2.34. The maximum atomic E-state index is 4.26. The summed E-state index contributed by atoms with van der Waals surface area (Å²) in [6.45, 7) is 1.01. The zero-order valence-electron chi connectivity index (χ0n) is 10.7. The lowest BCUT2D eigenvalue weighted by Gasteiger charge is -2.24. The third-order valence-electron chi connectivity index (χ3n) is 2.54. The largest absolute Gasteiger partial charge is 0.356 e. The van der Waals surface area contributed by atoms with Gasteiger partial charge >= 0.3 is 0 Å². The van der Waals surface area contributed by atoms with Crippen LogP contribution in [0.15, 0.2) is 4.99 Å². The molecule has 102 valence electrons. The maximum Gasteiger partial charge on any atom is 0.191 e. The summed E-state index contributed by atoms with van der Waals surface area (Å²) in [4.78, 5) is 4.26. The van der Waals surface area contributed by atoms with E-state index in [4.69, 9.17) is 0 Å². The molecule has 0 bridgehead atoms. The van der Waals surface area contributed by atoms with Crippen LogP contribution in [0.3, 0.4) is 0 Å². The van der Waals surface area contributed by atoms with E-state index in [1.165, 1.54) is 36.5 Å². The highest BCUT2D eigenvalue weighted by Gasteiger charge is 2.14. The molecule has 0 saturated carbocycles. The smallest absolute Gasteiger partial charge is 0.191 e. The molecule has 3 nitrogen and oxygen atoms in total. The Labute approximate surface area is 131 Å². The number of nitrogens with zero attached hydrogens (tertiary/aromatic N) is 1. The molecule has 1 atom stereocenters. The number of thioether (sulfide) groups is 2. The number of hydrogen-bond acceptors (Lipinski definition) is 3. The lowest BCUT2D eigenvalue weighted by molar-refractivity contribution is 0.582. The van der Waals surface area contributed by atoms with Gasteiger partial charge in [-0.1, -0.05) is 0 Å². The van der Waals surface area contributed by atoms with Crippen molar-refractivity contribution < 1.29 is 0 Å². The molecule has 0 spiro atoms. The first-order valence-corrected chi connectivity index (χ1v) is 8.45. The van der Waals surface area contributed by atoms with Crippen molar-refractivity contribution in [3.63, 3.8) is 0 Å². The molecule has 1 heterocycles.